The number of morpholine rings is 1. The third-order valence-corrected chi connectivity index (χ3v) is 7.07. The summed E-state index contributed by atoms with van der Waals surface area (Å²) in [6, 6.07) is 23.4. The molecule has 1 aromatic heterocycles. The van der Waals surface area contributed by atoms with Gasteiger partial charge in [-0.25, -0.2) is 0 Å². The molecule has 4 rings (SSSR count). The molecule has 0 bridgehead atoms. The summed E-state index contributed by atoms with van der Waals surface area (Å²) in [7, 11) is 0. The van der Waals surface area contributed by atoms with Crippen LogP contribution in [0.3, 0.4) is 0 Å². The Bertz CT molecular complexity index is 1060. The van der Waals surface area contributed by atoms with Crippen molar-refractivity contribution in [2.75, 3.05) is 51.7 Å². The molecule has 36 heavy (non-hydrogen) atoms. The van der Waals surface area contributed by atoms with Gasteiger partial charge in [-0.1, -0.05) is 48.5 Å². The average molecular weight is 508 g/mol. The van der Waals surface area contributed by atoms with Gasteiger partial charge in [-0.15, -0.1) is 11.8 Å². The van der Waals surface area contributed by atoms with E-state index in [2.05, 4.69) is 4.90 Å². The first kappa shape index (κ1) is 26.0. The summed E-state index contributed by atoms with van der Waals surface area (Å²) < 4.78 is 11.0. The summed E-state index contributed by atoms with van der Waals surface area (Å²) in [4.78, 5) is 33.6. The van der Waals surface area contributed by atoms with Crippen molar-refractivity contribution in [3.05, 3.63) is 90.4 Å². The van der Waals surface area contributed by atoms with Crippen LogP contribution in [0.15, 0.2) is 88.4 Å². The van der Waals surface area contributed by atoms with Crippen molar-refractivity contribution in [3.8, 4) is 0 Å². The molecule has 1 aliphatic rings. The lowest BCUT2D eigenvalue weighted by molar-refractivity contribution is -0.140. The number of carbonyl (C=O) groups is 2. The van der Waals surface area contributed by atoms with Crippen LogP contribution in [0.25, 0.3) is 0 Å². The van der Waals surface area contributed by atoms with Gasteiger partial charge in [-0.3, -0.25) is 14.5 Å². The zero-order chi connectivity index (χ0) is 25.0. The smallest absolute Gasteiger partial charge is 0.242 e. The molecule has 0 unspecified atom stereocenters. The summed E-state index contributed by atoms with van der Waals surface area (Å²) in [6.45, 7) is 5.13. The number of thioether (sulfide) groups is 1. The molecule has 7 nitrogen and oxygen atoms in total. The van der Waals surface area contributed by atoms with Gasteiger partial charge in [-0.2, -0.15) is 0 Å². The van der Waals surface area contributed by atoms with Gasteiger partial charge in [0.25, 0.3) is 0 Å². The van der Waals surface area contributed by atoms with Gasteiger partial charge in [0.2, 0.25) is 11.8 Å². The minimum atomic E-state index is -0.102. The van der Waals surface area contributed by atoms with Crippen molar-refractivity contribution in [3.63, 3.8) is 0 Å². The second kappa shape index (κ2) is 13.9. The Hall–Kier alpha value is -3.07. The fourth-order valence-corrected chi connectivity index (χ4v) is 4.84. The van der Waals surface area contributed by atoms with Crippen molar-refractivity contribution >= 4 is 23.6 Å². The Labute approximate surface area is 217 Å². The SMILES string of the molecule is O=C(CSc1ccccc1)N(CCN1CCOCC1)CC(=O)N(Cc1ccccc1)Cc1ccco1. The predicted octanol–water partition coefficient (Wildman–Crippen LogP) is 3.76. The van der Waals surface area contributed by atoms with Crippen molar-refractivity contribution in [1.82, 2.24) is 14.7 Å². The van der Waals surface area contributed by atoms with E-state index in [9.17, 15) is 9.59 Å². The summed E-state index contributed by atoms with van der Waals surface area (Å²) in [5.74, 6) is 0.862. The fraction of sp³-hybridized carbons (Fsp3) is 0.357. The maximum atomic E-state index is 13.6. The number of nitrogens with zero attached hydrogens (tertiary/aromatic N) is 3. The van der Waals surface area contributed by atoms with Crippen molar-refractivity contribution in [1.29, 1.82) is 0 Å². The maximum Gasteiger partial charge on any atom is 0.242 e. The number of carbonyl (C=O) groups excluding carboxylic acids is 2. The van der Waals surface area contributed by atoms with E-state index in [1.54, 1.807) is 16.1 Å². The van der Waals surface area contributed by atoms with Gasteiger partial charge in [0.1, 0.15) is 5.76 Å². The Morgan fingerprint density at radius 3 is 2.25 bits per heavy atom. The first-order chi connectivity index (χ1) is 17.7. The van der Waals surface area contributed by atoms with E-state index in [0.717, 1.165) is 30.1 Å². The van der Waals surface area contributed by atoms with Crippen molar-refractivity contribution in [2.24, 2.45) is 0 Å². The van der Waals surface area contributed by atoms with Crippen LogP contribution in [-0.2, 0) is 27.4 Å². The van der Waals surface area contributed by atoms with E-state index in [-0.39, 0.29) is 24.1 Å². The summed E-state index contributed by atoms with van der Waals surface area (Å²) in [5, 5.41) is 0. The Morgan fingerprint density at radius 2 is 1.56 bits per heavy atom. The minimum absolute atomic E-state index is 0.0338. The van der Waals surface area contributed by atoms with E-state index in [1.165, 1.54) is 11.8 Å². The van der Waals surface area contributed by atoms with Gasteiger partial charge >= 0.3 is 0 Å². The van der Waals surface area contributed by atoms with Crippen LogP contribution in [0.5, 0.6) is 0 Å². The normalized spacial score (nSPS) is 13.9. The zero-order valence-electron chi connectivity index (χ0n) is 20.5. The van der Waals surface area contributed by atoms with Crippen molar-refractivity contribution in [2.45, 2.75) is 18.0 Å². The van der Waals surface area contributed by atoms with Gasteiger partial charge < -0.3 is 19.0 Å². The Balaban J connectivity index is 1.44. The van der Waals surface area contributed by atoms with Gasteiger partial charge in [-0.05, 0) is 29.8 Å². The zero-order valence-corrected chi connectivity index (χ0v) is 21.3. The minimum Gasteiger partial charge on any atom is -0.467 e. The molecule has 1 fully saturated rings. The largest absolute Gasteiger partial charge is 0.467 e. The second-order valence-electron chi connectivity index (χ2n) is 8.69. The lowest BCUT2D eigenvalue weighted by Crippen LogP contribution is -2.47. The van der Waals surface area contributed by atoms with Crippen LogP contribution in [0.4, 0.5) is 0 Å². The number of benzene rings is 2. The molecule has 1 aliphatic heterocycles. The molecule has 0 atom stereocenters. The molecule has 1 saturated heterocycles. The van der Waals surface area contributed by atoms with E-state index >= 15 is 0 Å². The van der Waals surface area contributed by atoms with E-state index in [4.69, 9.17) is 9.15 Å². The van der Waals surface area contributed by atoms with Crippen LogP contribution in [0.1, 0.15) is 11.3 Å². The number of ether oxygens (including phenoxy) is 1. The first-order valence-corrected chi connectivity index (χ1v) is 13.3. The molecule has 0 radical (unpaired) electrons. The number of rotatable bonds is 12. The van der Waals surface area contributed by atoms with Crippen LogP contribution in [-0.4, -0.2) is 78.2 Å². The molecular weight excluding hydrogens is 474 g/mol. The van der Waals surface area contributed by atoms with Crippen molar-refractivity contribution < 1.29 is 18.7 Å². The molecule has 3 aromatic rings. The number of hydrogen-bond acceptors (Lipinski definition) is 6. The quantitative estimate of drug-likeness (QED) is 0.348. The molecule has 8 heteroatoms. The van der Waals surface area contributed by atoms with Crippen LogP contribution in [0, 0.1) is 0 Å². The number of hydrogen-bond donors (Lipinski definition) is 0. The molecule has 0 aliphatic carbocycles. The number of furan rings is 1. The fourth-order valence-electron chi connectivity index (χ4n) is 4.02. The molecule has 2 amide bonds. The summed E-state index contributed by atoms with van der Waals surface area (Å²) in [5.41, 5.74) is 1.03. The van der Waals surface area contributed by atoms with Crippen LogP contribution < -0.4 is 0 Å². The van der Waals surface area contributed by atoms with Crippen LogP contribution in [0.2, 0.25) is 0 Å². The lowest BCUT2D eigenvalue weighted by Gasteiger charge is -2.31. The summed E-state index contributed by atoms with van der Waals surface area (Å²) >= 11 is 1.50. The highest BCUT2D eigenvalue weighted by Gasteiger charge is 2.23. The molecule has 190 valence electrons. The van der Waals surface area contributed by atoms with E-state index in [1.807, 2.05) is 72.8 Å². The first-order valence-electron chi connectivity index (χ1n) is 12.3. The second-order valence-corrected chi connectivity index (χ2v) is 9.73. The Kier molecular flexibility index (Phi) is 10.0. The molecule has 0 N–H and O–H groups in total. The molecule has 2 aromatic carbocycles. The predicted molar refractivity (Wildman–Crippen MR) is 140 cm³/mol. The molecular formula is C28H33N3O4S. The van der Waals surface area contributed by atoms with Gasteiger partial charge in [0, 0.05) is 37.6 Å². The van der Waals surface area contributed by atoms with Crippen LogP contribution >= 0.6 is 11.8 Å². The highest BCUT2D eigenvalue weighted by Crippen LogP contribution is 2.18. The topological polar surface area (TPSA) is 66.2 Å². The number of amides is 2. The Morgan fingerprint density at radius 1 is 0.833 bits per heavy atom. The monoisotopic (exact) mass is 507 g/mol. The highest BCUT2D eigenvalue weighted by molar-refractivity contribution is 8.00. The maximum absolute atomic E-state index is 13.6. The summed E-state index contributed by atoms with van der Waals surface area (Å²) in [6.07, 6.45) is 1.61. The molecule has 0 spiro atoms. The average Bonchev–Trinajstić information content (AvgIpc) is 3.44. The van der Waals surface area contributed by atoms with E-state index < -0.39 is 0 Å². The molecule has 2 heterocycles. The third kappa shape index (κ3) is 8.26. The third-order valence-electron chi connectivity index (χ3n) is 6.07. The van der Waals surface area contributed by atoms with E-state index in [0.29, 0.717) is 38.6 Å². The lowest BCUT2D eigenvalue weighted by atomic mass is 10.2. The van der Waals surface area contributed by atoms with Gasteiger partial charge in [0.15, 0.2) is 0 Å². The standard InChI is InChI=1S/C28H33N3O4S/c32-27(31(21-25-10-7-17-35-25)20-24-8-3-1-4-9-24)22-30(14-13-29-15-18-34-19-16-29)28(33)23-36-26-11-5-2-6-12-26/h1-12,17H,13-16,18-23H2. The highest BCUT2D eigenvalue weighted by atomic mass is 32.2. The van der Waals surface area contributed by atoms with Gasteiger partial charge in [0.05, 0.1) is 38.3 Å². The molecule has 0 saturated carbocycles.